The third-order valence-electron chi connectivity index (χ3n) is 0.264. The normalized spacial score (nSPS) is 11.0. The minimum Gasteiger partial charge on any atom is -0.394 e. The van der Waals surface area contributed by atoms with Crippen LogP contribution in [-0.2, 0) is 0 Å². The van der Waals surface area contributed by atoms with Gasteiger partial charge < -0.3 is 10.2 Å². The maximum Gasteiger partial charge on any atom is 0.0742 e. The van der Waals surface area contributed by atoms with E-state index in [-0.39, 0.29) is 6.61 Å². The third-order valence-corrected chi connectivity index (χ3v) is 0.264. The van der Waals surface area contributed by atoms with Gasteiger partial charge >= 0.3 is 0 Å². The van der Waals surface area contributed by atoms with E-state index in [0.717, 1.165) is 0 Å². The second kappa shape index (κ2) is 9.02. The van der Waals surface area contributed by atoms with Crippen molar-refractivity contribution < 1.29 is 10.2 Å². The van der Waals surface area contributed by atoms with E-state index in [1.165, 1.54) is 6.92 Å². The molecule has 0 bridgehead atoms. The zero-order chi connectivity index (χ0) is 6.28. The van der Waals surface area contributed by atoms with E-state index in [1.807, 2.05) is 0 Å². The van der Waals surface area contributed by atoms with Gasteiger partial charge in [0.25, 0.3) is 0 Å². The zero-order valence-electron chi connectivity index (χ0n) is 4.07. The highest BCUT2D eigenvalue weighted by Gasteiger charge is 1.83. The Bertz CT molecular complexity index is 43.4. The molecule has 1 atom stereocenters. The zero-order valence-corrected chi connectivity index (χ0v) is 4.07. The average Bonchev–Trinajstić information content (AvgIpc) is 1.73. The van der Waals surface area contributed by atoms with Gasteiger partial charge in [0.2, 0.25) is 0 Å². The largest absolute Gasteiger partial charge is 0.394 e. The fourth-order valence-electron chi connectivity index (χ4n) is 0. The first-order chi connectivity index (χ1) is 3.27. The summed E-state index contributed by atoms with van der Waals surface area (Å²) in [7, 11) is 0. The molecule has 42 valence electrons. The fourth-order valence-corrected chi connectivity index (χ4v) is 0. The Morgan fingerprint density at radius 2 is 1.71 bits per heavy atom. The summed E-state index contributed by atoms with van der Waals surface area (Å²) < 4.78 is 0. The first-order valence-corrected chi connectivity index (χ1v) is 1.76. The summed E-state index contributed by atoms with van der Waals surface area (Å²) in [6.07, 6.45) is -0.560. The van der Waals surface area contributed by atoms with Crippen LogP contribution in [0.4, 0.5) is 0 Å². The van der Waals surface area contributed by atoms with Gasteiger partial charge in [-0.15, -0.1) is 0 Å². The van der Waals surface area contributed by atoms with E-state index < -0.39 is 6.10 Å². The van der Waals surface area contributed by atoms with Crippen LogP contribution < -0.4 is 0 Å². The van der Waals surface area contributed by atoms with Gasteiger partial charge in [0.1, 0.15) is 0 Å². The molecular formula is C3H8N2O2. The van der Waals surface area contributed by atoms with Crippen molar-refractivity contribution in [3.8, 4) is 0 Å². The Morgan fingerprint density at radius 3 is 1.71 bits per heavy atom. The number of nitrogens with zero attached hydrogens (tertiary/aromatic N) is 2. The van der Waals surface area contributed by atoms with Crippen molar-refractivity contribution >= 4 is 0 Å². The average molecular weight is 104 g/mol. The van der Waals surface area contributed by atoms with Crippen LogP contribution in [0.15, 0.2) is 0 Å². The van der Waals surface area contributed by atoms with Crippen LogP contribution in [0.5, 0.6) is 0 Å². The highest BCUT2D eigenvalue weighted by atomic mass is 16.3. The number of aliphatic hydroxyl groups excluding tert-OH is 2. The molecule has 0 saturated heterocycles. The molecule has 4 nitrogen and oxygen atoms in total. The van der Waals surface area contributed by atoms with Crippen LogP contribution in [-0.4, -0.2) is 22.9 Å². The van der Waals surface area contributed by atoms with Crippen molar-refractivity contribution in [1.82, 2.24) is 0 Å². The predicted octanol–water partition coefficient (Wildman–Crippen LogP) is -0.610. The van der Waals surface area contributed by atoms with Crippen molar-refractivity contribution in [1.29, 1.82) is 10.8 Å². The van der Waals surface area contributed by atoms with Crippen LogP contribution in [0.3, 0.4) is 0 Å². The van der Waals surface area contributed by atoms with Crippen LogP contribution in [0.25, 0.3) is 0 Å². The maximum atomic E-state index is 8.11. The van der Waals surface area contributed by atoms with Gasteiger partial charge in [0.05, 0.1) is 12.7 Å². The van der Waals surface area contributed by atoms with Gasteiger partial charge in [0.15, 0.2) is 0 Å². The molecule has 0 saturated carbocycles. The predicted molar refractivity (Wildman–Crippen MR) is 22.2 cm³/mol. The van der Waals surface area contributed by atoms with Gasteiger partial charge in [-0.1, -0.05) is 0 Å². The van der Waals surface area contributed by atoms with Gasteiger partial charge in [-0.3, -0.25) is 0 Å². The van der Waals surface area contributed by atoms with Crippen LogP contribution in [0, 0.1) is 10.8 Å². The molecular weight excluding hydrogens is 96.0 g/mol. The van der Waals surface area contributed by atoms with Crippen molar-refractivity contribution in [3.63, 3.8) is 0 Å². The van der Waals surface area contributed by atoms with Crippen molar-refractivity contribution in [2.75, 3.05) is 6.61 Å². The summed E-state index contributed by atoms with van der Waals surface area (Å²) in [5.74, 6) is 0. The molecule has 0 fully saturated rings. The maximum absolute atomic E-state index is 8.11. The lowest BCUT2D eigenvalue weighted by atomic mass is 10.5. The Hall–Kier alpha value is -0.660. The summed E-state index contributed by atoms with van der Waals surface area (Å²) in [6, 6.07) is 0. The second-order valence-corrected chi connectivity index (χ2v) is 1.03. The Morgan fingerprint density at radius 1 is 1.57 bits per heavy atom. The Kier molecular flexibility index (Phi) is 12.4. The summed E-state index contributed by atoms with van der Waals surface area (Å²) in [4.78, 5) is 0. The van der Waals surface area contributed by atoms with Crippen molar-refractivity contribution in [2.45, 2.75) is 13.0 Å². The SMILES string of the molecule is CC(O)CO.N#N. The molecule has 0 aliphatic carbocycles. The second-order valence-electron chi connectivity index (χ2n) is 1.03. The Labute approximate surface area is 41.8 Å². The smallest absolute Gasteiger partial charge is 0.0742 e. The lowest BCUT2D eigenvalue weighted by Crippen LogP contribution is -2.03. The highest BCUT2D eigenvalue weighted by molar-refractivity contribution is 4.33. The summed E-state index contributed by atoms with van der Waals surface area (Å²) >= 11 is 0. The molecule has 0 spiro atoms. The van der Waals surface area contributed by atoms with E-state index in [0.29, 0.717) is 0 Å². The molecule has 0 aromatic rings. The molecule has 0 amide bonds. The summed E-state index contributed by atoms with van der Waals surface area (Å²) in [5.41, 5.74) is 0. The lowest BCUT2D eigenvalue weighted by Gasteiger charge is -1.90. The van der Waals surface area contributed by atoms with Crippen LogP contribution in [0.1, 0.15) is 6.92 Å². The fraction of sp³-hybridized carbons (Fsp3) is 1.00. The molecule has 0 rings (SSSR count). The first-order valence-electron chi connectivity index (χ1n) is 1.76. The molecule has 0 aliphatic rings. The summed E-state index contributed by atoms with van der Waals surface area (Å²) in [6.45, 7) is 1.39. The summed E-state index contributed by atoms with van der Waals surface area (Å²) in [5, 5.41) is 28.0. The molecule has 2 N–H and O–H groups in total. The molecule has 0 heterocycles. The number of aliphatic hydroxyl groups is 2. The number of rotatable bonds is 1. The molecule has 0 aromatic heterocycles. The van der Waals surface area contributed by atoms with Gasteiger partial charge in [-0.25, -0.2) is 0 Å². The molecule has 1 unspecified atom stereocenters. The molecule has 4 heteroatoms. The topological polar surface area (TPSA) is 88.0 Å². The quantitative estimate of drug-likeness (QED) is 0.434. The third kappa shape index (κ3) is 33.2. The van der Waals surface area contributed by atoms with Gasteiger partial charge in [-0.2, -0.15) is 0 Å². The minimum atomic E-state index is -0.560. The standard InChI is InChI=1S/C3H8O2.N2/c1-3(5)2-4;1-2/h3-5H,2H2,1H3;. The first kappa shape index (κ1) is 9.60. The van der Waals surface area contributed by atoms with E-state index >= 15 is 0 Å². The van der Waals surface area contributed by atoms with E-state index in [1.54, 1.807) is 0 Å². The van der Waals surface area contributed by atoms with Crippen LogP contribution in [0.2, 0.25) is 0 Å². The van der Waals surface area contributed by atoms with Crippen molar-refractivity contribution in [2.24, 2.45) is 0 Å². The van der Waals surface area contributed by atoms with E-state index in [2.05, 4.69) is 0 Å². The molecule has 0 aromatic carbocycles. The molecule has 0 radical (unpaired) electrons. The van der Waals surface area contributed by atoms with Gasteiger partial charge in [0, 0.05) is 10.8 Å². The monoisotopic (exact) mass is 104 g/mol. The lowest BCUT2D eigenvalue weighted by molar-refractivity contribution is 0.110. The van der Waals surface area contributed by atoms with Crippen LogP contribution >= 0.6 is 0 Å². The van der Waals surface area contributed by atoms with E-state index in [9.17, 15) is 0 Å². The molecule has 7 heavy (non-hydrogen) atoms. The molecule has 0 aliphatic heterocycles. The van der Waals surface area contributed by atoms with E-state index in [4.69, 9.17) is 21.0 Å². The van der Waals surface area contributed by atoms with Gasteiger partial charge in [-0.05, 0) is 6.92 Å². The number of hydrogen-bond donors (Lipinski definition) is 2. The van der Waals surface area contributed by atoms with Crippen molar-refractivity contribution in [3.05, 3.63) is 0 Å². The Balaban J connectivity index is 0. The highest BCUT2D eigenvalue weighted by Crippen LogP contribution is 1.68. The number of hydrogen-bond acceptors (Lipinski definition) is 4. The minimum absolute atomic E-state index is 0.139.